The number of hydrogen-bond acceptors (Lipinski definition) is 8. The monoisotopic (exact) mass is 535 g/mol. The van der Waals surface area contributed by atoms with Crippen LogP contribution in [0.5, 0.6) is 5.75 Å². The highest BCUT2D eigenvalue weighted by molar-refractivity contribution is 9.11. The Bertz CT molecular complexity index is 1010. The van der Waals surface area contributed by atoms with Crippen LogP contribution in [0.4, 0.5) is 13.2 Å². The van der Waals surface area contributed by atoms with Crippen LogP contribution in [0.1, 0.15) is 38.8 Å². The summed E-state index contributed by atoms with van der Waals surface area (Å²) >= 11 is 3.98. The summed E-state index contributed by atoms with van der Waals surface area (Å²) in [6.07, 6.45) is -0.437. The van der Waals surface area contributed by atoms with E-state index in [0.717, 1.165) is 11.3 Å². The number of hydrogen-bond donors (Lipinski definition) is 1. The van der Waals surface area contributed by atoms with Gasteiger partial charge in [0.1, 0.15) is 0 Å². The smallest absolute Gasteiger partial charge is 0.466 e. The highest BCUT2D eigenvalue weighted by Crippen LogP contribution is 2.41. The van der Waals surface area contributed by atoms with Crippen LogP contribution in [-0.2, 0) is 26.1 Å². The summed E-state index contributed by atoms with van der Waals surface area (Å²) in [6.45, 7) is 8.38. The van der Waals surface area contributed by atoms with E-state index in [1.165, 1.54) is 13.0 Å². The Labute approximate surface area is 184 Å². The number of thiazole rings is 1. The van der Waals surface area contributed by atoms with Crippen molar-refractivity contribution >= 4 is 53.6 Å². The van der Waals surface area contributed by atoms with Crippen molar-refractivity contribution in [3.8, 4) is 5.75 Å². The quantitative estimate of drug-likeness (QED) is 0.342. The molecule has 0 aliphatic rings. The van der Waals surface area contributed by atoms with Gasteiger partial charge in [-0.05, 0) is 62.2 Å². The number of aromatic nitrogens is 1. The number of esters is 1. The van der Waals surface area contributed by atoms with E-state index in [1.807, 2.05) is 0 Å². The van der Waals surface area contributed by atoms with Crippen molar-refractivity contribution in [1.82, 2.24) is 4.98 Å². The van der Waals surface area contributed by atoms with Crippen molar-refractivity contribution in [1.29, 1.82) is 0 Å². The maximum Gasteiger partial charge on any atom is 0.534 e. The minimum Gasteiger partial charge on any atom is -0.466 e. The molecule has 1 heterocycles. The lowest BCUT2D eigenvalue weighted by atomic mass is 10.0. The molecule has 1 aromatic carbocycles. The highest BCUT2D eigenvalue weighted by atomic mass is 79.9. The summed E-state index contributed by atoms with van der Waals surface area (Å²) in [7, 11) is -5.91. The molecule has 2 aromatic rings. The number of rotatable bonds is 5. The molecule has 0 atom stereocenters. The van der Waals surface area contributed by atoms with Crippen LogP contribution in [0, 0.1) is 6.92 Å². The fraction of sp³-hybridized carbons (Fsp3) is 0.529. The molecule has 170 valence electrons. The van der Waals surface area contributed by atoms with Gasteiger partial charge in [-0.1, -0.05) is 0 Å². The number of ether oxygens (including phenoxy) is 1. The van der Waals surface area contributed by atoms with Crippen molar-refractivity contribution in [2.24, 2.45) is 0 Å². The lowest BCUT2D eigenvalue weighted by Crippen LogP contribution is -2.28. The first-order valence-electron chi connectivity index (χ1n) is 8.43. The SMILES string of the molecule is CC(C)(C)O.CCOC(=O)Cc1c(C)cc2nc(Br)sc2c1OS(=O)(=O)C(F)(F)F. The Balaban J connectivity index is 0.000000804. The van der Waals surface area contributed by atoms with E-state index in [-0.39, 0.29) is 22.4 Å². The molecule has 1 aromatic heterocycles. The predicted octanol–water partition coefficient (Wildman–Crippen LogP) is 4.48. The van der Waals surface area contributed by atoms with Gasteiger partial charge in [0.25, 0.3) is 0 Å². The normalized spacial score (nSPS) is 12.3. The number of halogens is 4. The van der Waals surface area contributed by atoms with E-state index in [2.05, 4.69) is 25.1 Å². The van der Waals surface area contributed by atoms with Crippen LogP contribution in [0.25, 0.3) is 10.2 Å². The maximum absolute atomic E-state index is 12.7. The van der Waals surface area contributed by atoms with Gasteiger partial charge in [0.15, 0.2) is 9.67 Å². The van der Waals surface area contributed by atoms with Crippen molar-refractivity contribution < 1.29 is 40.4 Å². The van der Waals surface area contributed by atoms with Gasteiger partial charge in [0, 0.05) is 5.56 Å². The molecular weight excluding hydrogens is 515 g/mol. The first kappa shape index (κ1) is 26.6. The predicted molar refractivity (Wildman–Crippen MR) is 110 cm³/mol. The van der Waals surface area contributed by atoms with Gasteiger partial charge in [0.2, 0.25) is 0 Å². The highest BCUT2D eigenvalue weighted by Gasteiger charge is 2.49. The molecule has 0 bridgehead atoms. The Morgan fingerprint density at radius 3 is 2.30 bits per heavy atom. The van der Waals surface area contributed by atoms with Crippen molar-refractivity contribution in [3.63, 3.8) is 0 Å². The third-order valence-corrected chi connectivity index (χ3v) is 5.51. The number of aliphatic hydroxyl groups is 1. The van der Waals surface area contributed by atoms with Crippen LogP contribution in [-0.4, -0.2) is 42.2 Å². The first-order valence-corrected chi connectivity index (χ1v) is 11.4. The molecule has 0 saturated heterocycles. The van der Waals surface area contributed by atoms with Crippen LogP contribution < -0.4 is 4.18 Å². The lowest BCUT2D eigenvalue weighted by Gasteiger charge is -2.15. The number of carbonyl (C=O) groups excluding carboxylic acids is 1. The van der Waals surface area contributed by atoms with E-state index < -0.39 is 39.4 Å². The number of carbonyl (C=O) groups is 1. The minimum absolute atomic E-state index is 0.00470. The van der Waals surface area contributed by atoms with Gasteiger partial charge < -0.3 is 14.0 Å². The number of benzene rings is 1. The molecular formula is C17H21BrF3NO6S2. The molecule has 13 heteroatoms. The number of nitrogens with zero attached hydrogens (tertiary/aromatic N) is 1. The average molecular weight is 536 g/mol. The third-order valence-electron chi connectivity index (χ3n) is 3.04. The summed E-state index contributed by atoms with van der Waals surface area (Å²) < 4.78 is 70.6. The van der Waals surface area contributed by atoms with Gasteiger partial charge in [-0.2, -0.15) is 21.6 Å². The van der Waals surface area contributed by atoms with Crippen LogP contribution in [0.3, 0.4) is 0 Å². The van der Waals surface area contributed by atoms with E-state index in [0.29, 0.717) is 9.48 Å². The Morgan fingerprint density at radius 1 is 1.30 bits per heavy atom. The number of alkyl halides is 3. The van der Waals surface area contributed by atoms with Gasteiger partial charge >= 0.3 is 21.6 Å². The summed E-state index contributed by atoms with van der Waals surface area (Å²) in [5.74, 6) is -1.29. The molecule has 0 aliphatic carbocycles. The van der Waals surface area contributed by atoms with Crippen molar-refractivity contribution in [2.75, 3.05) is 6.61 Å². The van der Waals surface area contributed by atoms with E-state index in [9.17, 15) is 26.4 Å². The van der Waals surface area contributed by atoms with Crippen molar-refractivity contribution in [3.05, 3.63) is 21.1 Å². The van der Waals surface area contributed by atoms with Crippen LogP contribution in [0.2, 0.25) is 0 Å². The standard InChI is InChI=1S/C13H11BrF3NO5S2.C4H10O/c1-3-22-9(19)5-7-6(2)4-8-11(24-12(14)18-8)10(7)23-25(20,21)13(15,16)17;1-4(2,3)5/h4H,3,5H2,1-2H3;5H,1-3H3. The summed E-state index contributed by atoms with van der Waals surface area (Å²) in [4.78, 5) is 15.8. The van der Waals surface area contributed by atoms with Crippen LogP contribution in [0.15, 0.2) is 9.98 Å². The topological polar surface area (TPSA) is 103 Å². The molecule has 0 saturated carbocycles. The molecule has 2 rings (SSSR count). The average Bonchev–Trinajstić information content (AvgIpc) is 2.88. The van der Waals surface area contributed by atoms with Gasteiger partial charge in [0.05, 0.1) is 28.8 Å². The van der Waals surface area contributed by atoms with E-state index in [1.54, 1.807) is 27.7 Å². The fourth-order valence-electron chi connectivity index (χ4n) is 1.99. The molecule has 0 aliphatic heterocycles. The molecule has 0 unspecified atom stereocenters. The van der Waals surface area contributed by atoms with Crippen LogP contribution >= 0.6 is 27.3 Å². The second-order valence-electron chi connectivity index (χ2n) is 6.95. The minimum atomic E-state index is -5.91. The summed E-state index contributed by atoms with van der Waals surface area (Å²) in [6, 6.07) is 1.53. The Kier molecular flexibility index (Phi) is 8.68. The maximum atomic E-state index is 12.7. The lowest BCUT2D eigenvalue weighted by molar-refractivity contribution is -0.142. The first-order chi connectivity index (χ1) is 13.5. The number of fused-ring (bicyclic) bond motifs is 1. The molecule has 7 nitrogen and oxygen atoms in total. The molecule has 0 radical (unpaired) electrons. The van der Waals surface area contributed by atoms with Gasteiger partial charge in [-0.25, -0.2) is 4.98 Å². The second-order valence-corrected chi connectivity index (χ2v) is 10.8. The van der Waals surface area contributed by atoms with E-state index >= 15 is 0 Å². The third kappa shape index (κ3) is 7.67. The Hall–Kier alpha value is -1.44. The summed E-state index contributed by atoms with van der Waals surface area (Å²) in [5, 5.41) is 8.52. The number of aryl methyl sites for hydroxylation is 1. The zero-order chi connectivity index (χ0) is 23.5. The summed E-state index contributed by atoms with van der Waals surface area (Å²) in [5.41, 5.74) is -5.51. The molecule has 0 spiro atoms. The molecule has 0 fully saturated rings. The van der Waals surface area contributed by atoms with Gasteiger partial charge in [-0.15, -0.1) is 11.3 Å². The molecule has 1 N–H and O–H groups in total. The fourth-order valence-corrected chi connectivity index (χ4v) is 4.00. The zero-order valence-corrected chi connectivity index (χ0v) is 20.0. The largest absolute Gasteiger partial charge is 0.534 e. The van der Waals surface area contributed by atoms with Gasteiger partial charge in [-0.3, -0.25) is 4.79 Å². The van der Waals surface area contributed by atoms with Crippen molar-refractivity contribution in [2.45, 2.75) is 52.1 Å². The second kappa shape index (κ2) is 9.79. The Morgan fingerprint density at radius 2 is 1.83 bits per heavy atom. The molecule has 30 heavy (non-hydrogen) atoms. The molecule has 0 amide bonds. The van der Waals surface area contributed by atoms with E-state index in [4.69, 9.17) is 9.84 Å². The zero-order valence-electron chi connectivity index (χ0n) is 16.8.